The van der Waals surface area contributed by atoms with Crippen molar-refractivity contribution in [2.75, 3.05) is 17.3 Å². The van der Waals surface area contributed by atoms with Crippen molar-refractivity contribution in [1.82, 2.24) is 0 Å². The third-order valence-corrected chi connectivity index (χ3v) is 6.28. The van der Waals surface area contributed by atoms with E-state index in [0.717, 1.165) is 11.4 Å². The number of thioether (sulfide) groups is 2. The van der Waals surface area contributed by atoms with Gasteiger partial charge in [-0.3, -0.25) is 0 Å². The maximum absolute atomic E-state index is 6.29. The maximum Gasteiger partial charge on any atom is 0.0441 e. The molecule has 1 heterocycles. The lowest BCUT2D eigenvalue weighted by Gasteiger charge is -2.27. The fourth-order valence-corrected chi connectivity index (χ4v) is 5.09. The summed E-state index contributed by atoms with van der Waals surface area (Å²) in [6.45, 7) is 2.06. The minimum atomic E-state index is 0.216. The smallest absolute Gasteiger partial charge is 0.0441 e. The highest BCUT2D eigenvalue weighted by Crippen LogP contribution is 2.28. The van der Waals surface area contributed by atoms with Crippen molar-refractivity contribution in [3.05, 3.63) is 34.3 Å². The number of aryl methyl sites for hydroxylation is 1. The van der Waals surface area contributed by atoms with Crippen LogP contribution in [0.3, 0.4) is 0 Å². The molecule has 2 N–H and O–H groups in total. The van der Waals surface area contributed by atoms with E-state index in [1.807, 2.05) is 29.6 Å². The predicted molar refractivity (Wildman–Crippen MR) is 81.4 cm³/mol. The SMILES string of the molecule is Cc1ccc(CC(N)C2CSCCS2)c(Cl)c1. The van der Waals surface area contributed by atoms with E-state index in [2.05, 4.69) is 19.1 Å². The Labute approximate surface area is 117 Å². The van der Waals surface area contributed by atoms with E-state index >= 15 is 0 Å². The molecule has 0 bridgehead atoms. The molecule has 0 aromatic heterocycles. The lowest BCUT2D eigenvalue weighted by atomic mass is 10.0. The summed E-state index contributed by atoms with van der Waals surface area (Å²) in [5.41, 5.74) is 8.68. The maximum atomic E-state index is 6.29. The lowest BCUT2D eigenvalue weighted by molar-refractivity contribution is 0.664. The van der Waals surface area contributed by atoms with Crippen LogP contribution in [0.5, 0.6) is 0 Å². The molecule has 0 saturated carbocycles. The largest absolute Gasteiger partial charge is 0.326 e. The topological polar surface area (TPSA) is 26.0 Å². The van der Waals surface area contributed by atoms with Crippen molar-refractivity contribution in [1.29, 1.82) is 0 Å². The van der Waals surface area contributed by atoms with Crippen LogP contribution in [-0.2, 0) is 6.42 Å². The molecule has 0 spiro atoms. The molecular formula is C13H18ClNS2. The molecule has 94 valence electrons. The highest BCUT2D eigenvalue weighted by Gasteiger charge is 2.22. The van der Waals surface area contributed by atoms with Crippen molar-refractivity contribution in [3.63, 3.8) is 0 Å². The second-order valence-electron chi connectivity index (χ2n) is 4.45. The van der Waals surface area contributed by atoms with Crippen LogP contribution in [0.15, 0.2) is 18.2 Å². The van der Waals surface area contributed by atoms with E-state index in [4.69, 9.17) is 17.3 Å². The third kappa shape index (κ3) is 3.82. The van der Waals surface area contributed by atoms with Crippen LogP contribution in [0, 0.1) is 6.92 Å². The summed E-state index contributed by atoms with van der Waals surface area (Å²) in [5.74, 6) is 3.67. The Morgan fingerprint density at radius 1 is 1.47 bits per heavy atom. The van der Waals surface area contributed by atoms with E-state index < -0.39 is 0 Å². The molecule has 2 atom stereocenters. The Kier molecular flexibility index (Phi) is 5.10. The van der Waals surface area contributed by atoms with Gasteiger partial charge in [-0.25, -0.2) is 0 Å². The van der Waals surface area contributed by atoms with E-state index in [-0.39, 0.29) is 6.04 Å². The van der Waals surface area contributed by atoms with Crippen LogP contribution in [0.1, 0.15) is 11.1 Å². The molecule has 1 saturated heterocycles. The standard InChI is InChI=1S/C13H18ClNS2/c1-9-2-3-10(11(14)6-9)7-12(15)13-8-16-4-5-17-13/h2-3,6,12-13H,4-5,7-8,15H2,1H3. The molecular weight excluding hydrogens is 270 g/mol. The number of hydrogen-bond acceptors (Lipinski definition) is 3. The number of halogens is 1. The van der Waals surface area contributed by atoms with Crippen LogP contribution >= 0.6 is 35.1 Å². The summed E-state index contributed by atoms with van der Waals surface area (Å²) >= 11 is 10.3. The van der Waals surface area contributed by atoms with Gasteiger partial charge in [0.05, 0.1) is 0 Å². The Balaban J connectivity index is 1.99. The van der Waals surface area contributed by atoms with Crippen LogP contribution in [0.2, 0.25) is 5.02 Å². The Bertz CT molecular complexity index is 378. The van der Waals surface area contributed by atoms with Crippen LogP contribution in [0.4, 0.5) is 0 Å². The third-order valence-electron chi connectivity index (χ3n) is 2.98. The molecule has 0 amide bonds. The number of nitrogens with two attached hydrogens (primary N) is 1. The fourth-order valence-electron chi connectivity index (χ4n) is 1.96. The Hall–Kier alpha value is 0.170. The van der Waals surface area contributed by atoms with Crippen LogP contribution in [-0.4, -0.2) is 28.6 Å². The van der Waals surface area contributed by atoms with E-state index in [1.54, 1.807) is 0 Å². The zero-order valence-electron chi connectivity index (χ0n) is 9.99. The highest BCUT2D eigenvalue weighted by molar-refractivity contribution is 8.06. The normalized spacial score (nSPS) is 22.4. The van der Waals surface area contributed by atoms with Gasteiger partial charge in [0.15, 0.2) is 0 Å². The van der Waals surface area contributed by atoms with Gasteiger partial charge in [-0.1, -0.05) is 23.7 Å². The first-order valence-electron chi connectivity index (χ1n) is 5.87. The van der Waals surface area contributed by atoms with Gasteiger partial charge in [-0.15, -0.1) is 0 Å². The summed E-state index contributed by atoms with van der Waals surface area (Å²) in [6, 6.07) is 6.45. The molecule has 0 aliphatic carbocycles. The zero-order chi connectivity index (χ0) is 12.3. The molecule has 1 aliphatic heterocycles. The zero-order valence-corrected chi connectivity index (χ0v) is 12.4. The number of hydrogen-bond donors (Lipinski definition) is 1. The van der Waals surface area contributed by atoms with Crippen molar-refractivity contribution in [3.8, 4) is 0 Å². The van der Waals surface area contributed by atoms with Gasteiger partial charge in [-0.2, -0.15) is 23.5 Å². The van der Waals surface area contributed by atoms with Crippen LogP contribution < -0.4 is 5.73 Å². The summed E-state index contributed by atoms with van der Waals surface area (Å²) < 4.78 is 0. The number of benzene rings is 1. The molecule has 1 fully saturated rings. The van der Waals surface area contributed by atoms with Gasteiger partial charge in [0.1, 0.15) is 0 Å². The average Bonchev–Trinajstić information content (AvgIpc) is 2.34. The second kappa shape index (κ2) is 6.37. The van der Waals surface area contributed by atoms with E-state index in [0.29, 0.717) is 5.25 Å². The fraction of sp³-hybridized carbons (Fsp3) is 0.538. The predicted octanol–water partition coefficient (Wildman–Crippen LogP) is 3.37. The number of rotatable bonds is 3. The van der Waals surface area contributed by atoms with E-state index in [9.17, 15) is 0 Å². The van der Waals surface area contributed by atoms with Gasteiger partial charge >= 0.3 is 0 Å². The molecule has 1 nitrogen and oxygen atoms in total. The summed E-state index contributed by atoms with van der Waals surface area (Å²) in [6.07, 6.45) is 0.886. The monoisotopic (exact) mass is 287 g/mol. The first-order chi connectivity index (χ1) is 8.16. The summed E-state index contributed by atoms with van der Waals surface area (Å²) in [5, 5.41) is 1.43. The van der Waals surface area contributed by atoms with E-state index in [1.165, 1.54) is 28.4 Å². The van der Waals surface area contributed by atoms with Crippen molar-refractivity contribution >= 4 is 35.1 Å². The Morgan fingerprint density at radius 3 is 2.94 bits per heavy atom. The Morgan fingerprint density at radius 2 is 2.29 bits per heavy atom. The van der Waals surface area contributed by atoms with Crippen molar-refractivity contribution in [2.24, 2.45) is 5.73 Å². The minimum Gasteiger partial charge on any atom is -0.326 e. The first kappa shape index (κ1) is 13.6. The highest BCUT2D eigenvalue weighted by atomic mass is 35.5. The molecule has 1 aromatic carbocycles. The molecule has 0 radical (unpaired) electrons. The second-order valence-corrected chi connectivity index (χ2v) is 7.35. The van der Waals surface area contributed by atoms with Crippen molar-refractivity contribution < 1.29 is 0 Å². The van der Waals surface area contributed by atoms with Gasteiger partial charge in [0.25, 0.3) is 0 Å². The minimum absolute atomic E-state index is 0.216. The molecule has 2 unspecified atom stereocenters. The van der Waals surface area contributed by atoms with Gasteiger partial charge in [0.2, 0.25) is 0 Å². The summed E-state index contributed by atoms with van der Waals surface area (Å²) in [7, 11) is 0. The first-order valence-corrected chi connectivity index (χ1v) is 8.45. The van der Waals surface area contributed by atoms with Crippen LogP contribution in [0.25, 0.3) is 0 Å². The molecule has 2 rings (SSSR count). The molecule has 1 aliphatic rings. The van der Waals surface area contributed by atoms with Crippen molar-refractivity contribution in [2.45, 2.75) is 24.6 Å². The molecule has 1 aromatic rings. The molecule has 17 heavy (non-hydrogen) atoms. The van der Waals surface area contributed by atoms with Gasteiger partial charge < -0.3 is 5.73 Å². The van der Waals surface area contributed by atoms with Gasteiger partial charge in [-0.05, 0) is 30.5 Å². The van der Waals surface area contributed by atoms with Gasteiger partial charge in [0, 0.05) is 33.6 Å². The molecule has 4 heteroatoms. The summed E-state index contributed by atoms with van der Waals surface area (Å²) in [4.78, 5) is 0. The lowest BCUT2D eigenvalue weighted by Crippen LogP contribution is -2.38. The average molecular weight is 288 g/mol. The quantitative estimate of drug-likeness (QED) is 0.923.